The Labute approximate surface area is 95.4 Å². The van der Waals surface area contributed by atoms with Crippen molar-refractivity contribution in [3.8, 4) is 0 Å². The monoisotopic (exact) mass is 222 g/mol. The molecule has 88 valence electrons. The van der Waals surface area contributed by atoms with Gasteiger partial charge in [-0.15, -0.1) is 0 Å². The second kappa shape index (κ2) is 4.82. The lowest BCUT2D eigenvalue weighted by molar-refractivity contribution is 0.00358. The maximum atomic E-state index is 9.61. The van der Waals surface area contributed by atoms with Gasteiger partial charge in [0.05, 0.1) is 12.7 Å². The van der Waals surface area contributed by atoms with E-state index in [0.717, 1.165) is 23.2 Å². The number of fused-ring (bicyclic) bond motifs is 1. The Morgan fingerprint density at radius 3 is 3.06 bits per heavy atom. The average Bonchev–Trinajstić information content (AvgIpc) is 2.46. The van der Waals surface area contributed by atoms with Gasteiger partial charge < -0.3 is 20.9 Å². The van der Waals surface area contributed by atoms with Gasteiger partial charge in [-0.25, -0.2) is 0 Å². The number of nitrogens with two attached hydrogens (primary N) is 1. The van der Waals surface area contributed by atoms with Crippen LogP contribution in [0.15, 0.2) is 18.2 Å². The summed E-state index contributed by atoms with van der Waals surface area (Å²) in [5.41, 5.74) is 8.73. The van der Waals surface area contributed by atoms with Gasteiger partial charge in [-0.05, 0) is 24.1 Å². The summed E-state index contributed by atoms with van der Waals surface area (Å²) in [6, 6.07) is 5.98. The first kappa shape index (κ1) is 11.4. The molecule has 0 spiro atoms. The van der Waals surface area contributed by atoms with E-state index in [9.17, 15) is 5.11 Å². The largest absolute Gasteiger partial charge is 0.371 e. The Balaban J connectivity index is 2.39. The van der Waals surface area contributed by atoms with Gasteiger partial charge in [0, 0.05) is 17.8 Å². The fraction of sp³-hybridized carbons (Fsp3) is 0.500. The van der Waals surface area contributed by atoms with E-state index < -0.39 is 6.23 Å². The van der Waals surface area contributed by atoms with E-state index in [1.54, 1.807) is 0 Å². The van der Waals surface area contributed by atoms with Gasteiger partial charge in [0.2, 0.25) is 0 Å². The highest BCUT2D eigenvalue weighted by Crippen LogP contribution is 2.32. The zero-order chi connectivity index (χ0) is 11.5. The number of hydrogen-bond donors (Lipinski definition) is 3. The molecule has 0 amide bonds. The van der Waals surface area contributed by atoms with Gasteiger partial charge in [0.25, 0.3) is 0 Å². The number of anilines is 1. The van der Waals surface area contributed by atoms with Crippen LogP contribution in [0.5, 0.6) is 0 Å². The van der Waals surface area contributed by atoms with Crippen molar-refractivity contribution in [1.82, 2.24) is 0 Å². The minimum absolute atomic E-state index is 0.0335. The summed E-state index contributed by atoms with van der Waals surface area (Å²) < 4.78 is 5.64. The smallest absolute Gasteiger partial charge is 0.148 e. The van der Waals surface area contributed by atoms with E-state index in [4.69, 9.17) is 10.5 Å². The third-order valence-electron chi connectivity index (χ3n) is 2.85. The van der Waals surface area contributed by atoms with Crippen LogP contribution in [0.2, 0.25) is 0 Å². The molecule has 0 aliphatic carbocycles. The number of hydrogen-bond acceptors (Lipinski definition) is 4. The first-order valence-corrected chi connectivity index (χ1v) is 5.63. The van der Waals surface area contributed by atoms with Crippen LogP contribution in [0, 0.1) is 0 Å². The molecule has 4 nitrogen and oxygen atoms in total. The summed E-state index contributed by atoms with van der Waals surface area (Å²) >= 11 is 0. The SMILES string of the molecule is CC[C@H]1OC[C@@H](O)Nc2ccc(CN)cc21. The molecule has 2 rings (SSSR count). The number of aliphatic hydroxyl groups excluding tert-OH is 1. The van der Waals surface area contributed by atoms with E-state index in [0.29, 0.717) is 13.2 Å². The fourth-order valence-electron chi connectivity index (χ4n) is 1.99. The maximum absolute atomic E-state index is 9.61. The molecule has 1 heterocycles. The Kier molecular flexibility index (Phi) is 3.43. The maximum Gasteiger partial charge on any atom is 0.148 e. The van der Waals surface area contributed by atoms with Crippen molar-refractivity contribution < 1.29 is 9.84 Å². The van der Waals surface area contributed by atoms with Crippen molar-refractivity contribution in [3.05, 3.63) is 29.3 Å². The molecule has 1 aliphatic rings. The van der Waals surface area contributed by atoms with Crippen LogP contribution in [-0.2, 0) is 11.3 Å². The molecule has 0 fully saturated rings. The summed E-state index contributed by atoms with van der Waals surface area (Å²) in [6.07, 6.45) is 0.278. The lowest BCUT2D eigenvalue weighted by atomic mass is 10.0. The minimum Gasteiger partial charge on any atom is -0.371 e. The van der Waals surface area contributed by atoms with Gasteiger partial charge >= 0.3 is 0 Å². The van der Waals surface area contributed by atoms with Crippen LogP contribution in [-0.4, -0.2) is 17.9 Å². The third kappa shape index (κ3) is 2.19. The Bertz CT molecular complexity index is 368. The van der Waals surface area contributed by atoms with Crippen LogP contribution < -0.4 is 11.1 Å². The quantitative estimate of drug-likeness (QED) is 0.706. The number of nitrogens with one attached hydrogen (secondary N) is 1. The number of benzene rings is 1. The molecular weight excluding hydrogens is 204 g/mol. The molecule has 0 unspecified atom stereocenters. The summed E-state index contributed by atoms with van der Waals surface area (Å²) in [6.45, 7) is 2.90. The number of ether oxygens (including phenoxy) is 1. The van der Waals surface area contributed by atoms with E-state index in [2.05, 4.69) is 18.3 Å². The Morgan fingerprint density at radius 1 is 1.56 bits per heavy atom. The van der Waals surface area contributed by atoms with E-state index >= 15 is 0 Å². The molecule has 0 saturated heterocycles. The standard InChI is InChI=1S/C12H18N2O2/c1-2-11-9-5-8(6-13)3-4-10(9)14-12(15)7-16-11/h3-5,11-12,14-15H,2,6-7,13H2,1H3/t11-,12-/m1/s1. The second-order valence-electron chi connectivity index (χ2n) is 4.02. The summed E-state index contributed by atoms with van der Waals surface area (Å²) in [7, 11) is 0. The normalized spacial score (nSPS) is 24.4. The topological polar surface area (TPSA) is 67.5 Å². The van der Waals surface area contributed by atoms with Crippen molar-refractivity contribution in [2.75, 3.05) is 11.9 Å². The molecule has 16 heavy (non-hydrogen) atoms. The second-order valence-corrected chi connectivity index (χ2v) is 4.02. The molecule has 4 N–H and O–H groups in total. The molecule has 0 radical (unpaired) electrons. The lowest BCUT2D eigenvalue weighted by Gasteiger charge is -2.16. The van der Waals surface area contributed by atoms with Crippen LogP contribution in [0.3, 0.4) is 0 Å². The van der Waals surface area contributed by atoms with Gasteiger partial charge in [-0.3, -0.25) is 0 Å². The molecule has 1 aliphatic heterocycles. The Morgan fingerprint density at radius 2 is 2.38 bits per heavy atom. The first-order valence-electron chi connectivity index (χ1n) is 5.63. The van der Waals surface area contributed by atoms with E-state index in [-0.39, 0.29) is 6.10 Å². The van der Waals surface area contributed by atoms with Crippen LogP contribution >= 0.6 is 0 Å². The van der Waals surface area contributed by atoms with Crippen LogP contribution in [0.25, 0.3) is 0 Å². The molecule has 1 aromatic rings. The highest BCUT2D eigenvalue weighted by atomic mass is 16.5. The average molecular weight is 222 g/mol. The predicted octanol–water partition coefficient (Wildman–Crippen LogP) is 1.36. The third-order valence-corrected chi connectivity index (χ3v) is 2.85. The predicted molar refractivity (Wildman–Crippen MR) is 62.9 cm³/mol. The minimum atomic E-state index is -0.640. The van der Waals surface area contributed by atoms with Crippen molar-refractivity contribution in [3.63, 3.8) is 0 Å². The Hall–Kier alpha value is -1.10. The molecular formula is C12H18N2O2. The van der Waals surface area contributed by atoms with Crippen LogP contribution in [0.4, 0.5) is 5.69 Å². The molecule has 0 aromatic heterocycles. The zero-order valence-electron chi connectivity index (χ0n) is 9.44. The zero-order valence-corrected chi connectivity index (χ0v) is 9.44. The fourth-order valence-corrected chi connectivity index (χ4v) is 1.99. The first-order chi connectivity index (χ1) is 7.74. The summed E-state index contributed by atoms with van der Waals surface area (Å²) in [5.74, 6) is 0. The van der Waals surface area contributed by atoms with Crippen molar-refractivity contribution in [2.24, 2.45) is 5.73 Å². The van der Waals surface area contributed by atoms with Crippen molar-refractivity contribution in [2.45, 2.75) is 32.2 Å². The van der Waals surface area contributed by atoms with Crippen molar-refractivity contribution in [1.29, 1.82) is 0 Å². The highest BCUT2D eigenvalue weighted by molar-refractivity contribution is 5.54. The molecule has 2 atom stereocenters. The summed E-state index contributed by atoms with van der Waals surface area (Å²) in [5, 5.41) is 12.6. The number of rotatable bonds is 2. The lowest BCUT2D eigenvalue weighted by Crippen LogP contribution is -2.22. The van der Waals surface area contributed by atoms with E-state index in [1.165, 1.54) is 0 Å². The van der Waals surface area contributed by atoms with Crippen LogP contribution in [0.1, 0.15) is 30.6 Å². The van der Waals surface area contributed by atoms with Gasteiger partial charge in [-0.1, -0.05) is 13.0 Å². The van der Waals surface area contributed by atoms with Crippen molar-refractivity contribution >= 4 is 5.69 Å². The van der Waals surface area contributed by atoms with Gasteiger partial charge in [-0.2, -0.15) is 0 Å². The summed E-state index contributed by atoms with van der Waals surface area (Å²) in [4.78, 5) is 0. The molecule has 4 heteroatoms. The van der Waals surface area contributed by atoms with Gasteiger partial charge in [0.1, 0.15) is 6.23 Å². The molecule has 0 saturated carbocycles. The van der Waals surface area contributed by atoms with Gasteiger partial charge in [0.15, 0.2) is 0 Å². The van der Waals surface area contributed by atoms with E-state index in [1.807, 2.05) is 12.1 Å². The number of aliphatic hydroxyl groups is 1. The highest BCUT2D eigenvalue weighted by Gasteiger charge is 2.21. The molecule has 0 bridgehead atoms. The molecule has 1 aromatic carbocycles.